The third-order valence-corrected chi connectivity index (χ3v) is 4.40. The Morgan fingerprint density at radius 3 is 2.59 bits per heavy atom. The number of nitrogens with zero attached hydrogens (tertiary/aromatic N) is 2. The predicted octanol–water partition coefficient (Wildman–Crippen LogP) is 4.85. The third-order valence-electron chi connectivity index (χ3n) is 4.40. The van der Waals surface area contributed by atoms with Crippen molar-refractivity contribution in [2.24, 2.45) is 0 Å². The first-order valence-electron chi connectivity index (χ1n) is 9.92. The van der Waals surface area contributed by atoms with Crippen molar-refractivity contribution in [3.8, 4) is 17.4 Å². The lowest BCUT2D eigenvalue weighted by Gasteiger charge is -2.12. The molecule has 1 aromatic heterocycles. The number of aliphatic hydroxyl groups excluding tert-OH is 1. The first-order valence-corrected chi connectivity index (χ1v) is 9.92. The van der Waals surface area contributed by atoms with Crippen molar-refractivity contribution in [3.05, 3.63) is 78.2 Å². The Balaban J connectivity index is 1.53. The minimum absolute atomic E-state index is 0.0352. The molecule has 0 atom stereocenters. The number of carbonyl (C=O) groups excluding carboxylic acids is 1. The average Bonchev–Trinajstić information content (AvgIpc) is 2.80. The number of ether oxygens (including phenoxy) is 2. The molecule has 0 bridgehead atoms. The van der Waals surface area contributed by atoms with E-state index < -0.39 is 29.2 Å². The van der Waals surface area contributed by atoms with Crippen LogP contribution in [0.25, 0.3) is 11.0 Å². The van der Waals surface area contributed by atoms with E-state index in [1.54, 1.807) is 6.07 Å². The van der Waals surface area contributed by atoms with Crippen LogP contribution >= 0.6 is 0 Å². The molecular weight excluding hydrogens is 453 g/mol. The van der Waals surface area contributed by atoms with Gasteiger partial charge in [0, 0.05) is 29.6 Å². The van der Waals surface area contributed by atoms with Crippen molar-refractivity contribution in [2.75, 3.05) is 23.8 Å². The molecule has 0 radical (unpaired) electrons. The maximum Gasteiger partial charge on any atom is 0.323 e. The number of hydrogen-bond donors (Lipinski definition) is 3. The number of hydrogen-bond acceptors (Lipinski definition) is 6. The summed E-state index contributed by atoms with van der Waals surface area (Å²) < 4.78 is 52.5. The van der Waals surface area contributed by atoms with Gasteiger partial charge in [-0.25, -0.2) is 23.5 Å². The normalized spacial score (nSPS) is 10.7. The number of anilines is 2. The topological polar surface area (TPSA) is 106 Å². The second-order valence-electron chi connectivity index (χ2n) is 6.89. The summed E-state index contributed by atoms with van der Waals surface area (Å²) in [7, 11) is 0. The fraction of sp³-hybridized carbons (Fsp3) is 0.0870. The summed E-state index contributed by atoms with van der Waals surface area (Å²) in [6.45, 7) is -0.161. The molecule has 1 heterocycles. The van der Waals surface area contributed by atoms with Crippen molar-refractivity contribution in [1.29, 1.82) is 0 Å². The molecule has 0 aliphatic heterocycles. The number of nitrogens with one attached hydrogen (secondary N) is 2. The van der Waals surface area contributed by atoms with E-state index >= 15 is 0 Å². The number of urea groups is 1. The first kappa shape index (κ1) is 22.8. The van der Waals surface area contributed by atoms with E-state index in [1.165, 1.54) is 36.5 Å². The fourth-order valence-corrected chi connectivity index (χ4v) is 2.95. The molecule has 34 heavy (non-hydrogen) atoms. The zero-order valence-electron chi connectivity index (χ0n) is 17.4. The molecule has 0 aliphatic rings. The Labute approximate surface area is 191 Å². The van der Waals surface area contributed by atoms with Crippen molar-refractivity contribution < 1.29 is 32.5 Å². The quantitative estimate of drug-likeness (QED) is 0.357. The van der Waals surface area contributed by atoms with Crippen molar-refractivity contribution >= 4 is 28.4 Å². The van der Waals surface area contributed by atoms with E-state index in [0.717, 1.165) is 18.2 Å². The van der Waals surface area contributed by atoms with E-state index in [-0.39, 0.29) is 36.2 Å². The predicted molar refractivity (Wildman–Crippen MR) is 118 cm³/mol. The Hall–Kier alpha value is -4.38. The van der Waals surface area contributed by atoms with Gasteiger partial charge in [0.1, 0.15) is 18.2 Å². The summed E-state index contributed by atoms with van der Waals surface area (Å²) in [5.41, 5.74) is 0.941. The van der Waals surface area contributed by atoms with Crippen LogP contribution in [0.4, 0.5) is 29.3 Å². The Kier molecular flexibility index (Phi) is 6.74. The molecule has 0 saturated carbocycles. The summed E-state index contributed by atoms with van der Waals surface area (Å²) >= 11 is 0. The van der Waals surface area contributed by atoms with Gasteiger partial charge in [0.25, 0.3) is 0 Å². The Morgan fingerprint density at radius 2 is 1.79 bits per heavy atom. The summed E-state index contributed by atoms with van der Waals surface area (Å²) in [5, 5.41) is 13.6. The second kappa shape index (κ2) is 10.0. The summed E-state index contributed by atoms with van der Waals surface area (Å²) in [6, 6.07) is 10.8. The maximum absolute atomic E-state index is 14.4. The van der Waals surface area contributed by atoms with Gasteiger partial charge in [-0.3, -0.25) is 0 Å². The number of rotatable bonds is 7. The van der Waals surface area contributed by atoms with Crippen molar-refractivity contribution in [1.82, 2.24) is 9.97 Å². The van der Waals surface area contributed by atoms with Crippen LogP contribution in [-0.2, 0) is 0 Å². The number of aromatic nitrogens is 2. The second-order valence-corrected chi connectivity index (χ2v) is 6.89. The molecule has 174 valence electrons. The molecule has 8 nitrogen and oxygen atoms in total. The molecule has 4 aromatic rings. The van der Waals surface area contributed by atoms with Crippen LogP contribution in [0.5, 0.6) is 17.4 Å². The van der Waals surface area contributed by atoms with Crippen LogP contribution in [-0.4, -0.2) is 34.3 Å². The molecule has 3 aromatic carbocycles. The highest BCUT2D eigenvalue weighted by atomic mass is 19.2. The lowest BCUT2D eigenvalue weighted by molar-refractivity contribution is 0.196. The van der Waals surface area contributed by atoms with Gasteiger partial charge in [0.15, 0.2) is 11.6 Å². The zero-order valence-corrected chi connectivity index (χ0v) is 17.4. The Morgan fingerprint density at radius 1 is 0.971 bits per heavy atom. The smallest absolute Gasteiger partial charge is 0.323 e. The lowest BCUT2D eigenvalue weighted by atomic mass is 10.2. The monoisotopic (exact) mass is 470 g/mol. The highest BCUT2D eigenvalue weighted by Crippen LogP contribution is 2.31. The van der Waals surface area contributed by atoms with Crippen LogP contribution in [0.2, 0.25) is 0 Å². The number of halogens is 3. The van der Waals surface area contributed by atoms with Gasteiger partial charge in [0.2, 0.25) is 11.7 Å². The number of benzene rings is 3. The Bertz CT molecular complexity index is 1350. The molecule has 4 rings (SSSR count). The largest absolute Gasteiger partial charge is 0.474 e. The van der Waals surface area contributed by atoms with Crippen LogP contribution in [0, 0.1) is 17.5 Å². The minimum Gasteiger partial charge on any atom is -0.474 e. The zero-order chi connectivity index (χ0) is 24.1. The SMILES string of the molecule is O=C(Nc1cccc(F)c1)Nc1cc(F)c(F)c(Oc2ccc3ncc(OCCO)nc3c2)c1. The van der Waals surface area contributed by atoms with E-state index in [4.69, 9.17) is 14.6 Å². The molecule has 0 spiro atoms. The lowest BCUT2D eigenvalue weighted by Crippen LogP contribution is -2.19. The highest BCUT2D eigenvalue weighted by molar-refractivity contribution is 5.99. The first-order chi connectivity index (χ1) is 16.4. The standard InChI is InChI=1S/C23H17F3N4O4/c24-13-2-1-3-14(8-13)28-23(32)29-15-9-17(25)22(26)20(10-15)34-16-4-5-18-19(11-16)30-21(12-27-18)33-7-6-31/h1-5,8-12,31H,6-7H2,(H2,28,29,32). The number of carbonyl (C=O) groups is 1. The van der Waals surface area contributed by atoms with Gasteiger partial charge in [-0.2, -0.15) is 4.39 Å². The molecule has 3 N–H and O–H groups in total. The van der Waals surface area contributed by atoms with Crippen molar-refractivity contribution in [2.45, 2.75) is 0 Å². The van der Waals surface area contributed by atoms with Crippen molar-refractivity contribution in [3.63, 3.8) is 0 Å². The fourth-order valence-electron chi connectivity index (χ4n) is 2.95. The molecule has 0 aliphatic carbocycles. The number of aliphatic hydroxyl groups is 1. The van der Waals surface area contributed by atoms with Gasteiger partial charge in [-0.1, -0.05) is 6.07 Å². The van der Waals surface area contributed by atoms with E-state index in [2.05, 4.69) is 20.6 Å². The van der Waals surface area contributed by atoms with Crippen LogP contribution in [0.15, 0.2) is 60.8 Å². The molecule has 2 amide bonds. The van der Waals surface area contributed by atoms with E-state index in [9.17, 15) is 18.0 Å². The minimum atomic E-state index is -1.26. The number of amides is 2. The number of fused-ring (bicyclic) bond motifs is 1. The van der Waals surface area contributed by atoms with Gasteiger partial charge in [-0.05, 0) is 30.3 Å². The highest BCUT2D eigenvalue weighted by Gasteiger charge is 2.15. The van der Waals surface area contributed by atoms with Gasteiger partial charge in [-0.15, -0.1) is 0 Å². The average molecular weight is 470 g/mol. The van der Waals surface area contributed by atoms with Gasteiger partial charge >= 0.3 is 6.03 Å². The molecule has 11 heteroatoms. The molecular formula is C23H17F3N4O4. The molecule has 0 saturated heterocycles. The summed E-state index contributed by atoms with van der Waals surface area (Å²) in [6.07, 6.45) is 1.39. The van der Waals surface area contributed by atoms with Crippen LogP contribution in [0.3, 0.4) is 0 Å². The molecule has 0 unspecified atom stereocenters. The van der Waals surface area contributed by atoms with Gasteiger partial charge in [0.05, 0.1) is 23.8 Å². The summed E-state index contributed by atoms with van der Waals surface area (Å²) in [5.74, 6) is -3.25. The van der Waals surface area contributed by atoms with E-state index in [0.29, 0.717) is 11.0 Å². The molecule has 0 fully saturated rings. The summed E-state index contributed by atoms with van der Waals surface area (Å²) in [4.78, 5) is 20.6. The maximum atomic E-state index is 14.4. The van der Waals surface area contributed by atoms with Crippen LogP contribution < -0.4 is 20.1 Å². The van der Waals surface area contributed by atoms with E-state index in [1.807, 2.05) is 0 Å². The van der Waals surface area contributed by atoms with Crippen LogP contribution in [0.1, 0.15) is 0 Å². The van der Waals surface area contributed by atoms with Gasteiger partial charge < -0.3 is 25.2 Å². The third kappa shape index (κ3) is 5.51.